The van der Waals surface area contributed by atoms with E-state index in [2.05, 4.69) is 44.2 Å². The van der Waals surface area contributed by atoms with Crippen LogP contribution in [0.4, 0.5) is 0 Å². The van der Waals surface area contributed by atoms with Gasteiger partial charge in [-0.25, -0.2) is 0 Å². The van der Waals surface area contributed by atoms with Crippen LogP contribution in [0.5, 0.6) is 0 Å². The zero-order valence-electron chi connectivity index (χ0n) is 10.4. The first-order chi connectivity index (χ1) is 7.58. The Morgan fingerprint density at radius 2 is 1.81 bits per heavy atom. The van der Waals surface area contributed by atoms with Gasteiger partial charge >= 0.3 is 0 Å². The maximum absolute atomic E-state index is 5.92. The zero-order valence-corrected chi connectivity index (χ0v) is 11.2. The van der Waals surface area contributed by atoms with Crippen molar-refractivity contribution in [2.75, 3.05) is 11.5 Å². The average molecular weight is 237 g/mol. The van der Waals surface area contributed by atoms with E-state index in [-0.39, 0.29) is 5.54 Å². The molecule has 1 rings (SSSR count). The second-order valence-corrected chi connectivity index (χ2v) is 6.09. The van der Waals surface area contributed by atoms with Gasteiger partial charge in [0.15, 0.2) is 0 Å². The zero-order chi connectivity index (χ0) is 11.9. The molecule has 0 atom stereocenters. The molecule has 0 aromatic heterocycles. The normalized spacial score (nSPS) is 11.7. The molecule has 1 nitrogen and oxygen atoms in total. The minimum absolute atomic E-state index is 0.0237. The number of hydrogen-bond donors (Lipinski definition) is 1. The van der Waals surface area contributed by atoms with Crippen LogP contribution in [0.2, 0.25) is 0 Å². The molecule has 0 aliphatic heterocycles. The molecule has 0 saturated heterocycles. The Labute approximate surface area is 104 Å². The molecule has 0 amide bonds. The minimum atomic E-state index is -0.0237. The summed E-state index contributed by atoms with van der Waals surface area (Å²) in [5.41, 5.74) is 7.35. The summed E-state index contributed by atoms with van der Waals surface area (Å²) in [7, 11) is 0. The van der Waals surface area contributed by atoms with Crippen molar-refractivity contribution in [2.45, 2.75) is 38.6 Å². The van der Waals surface area contributed by atoms with E-state index in [0.29, 0.717) is 0 Å². The van der Waals surface area contributed by atoms with Gasteiger partial charge in [-0.3, -0.25) is 0 Å². The summed E-state index contributed by atoms with van der Waals surface area (Å²) in [6, 6.07) is 10.7. The lowest BCUT2D eigenvalue weighted by molar-refractivity contribution is 0.591. The summed E-state index contributed by atoms with van der Waals surface area (Å²) >= 11 is 1.97. The number of nitrogens with two attached hydrogens (primary N) is 1. The molecular weight excluding hydrogens is 214 g/mol. The van der Waals surface area contributed by atoms with E-state index in [1.165, 1.54) is 30.6 Å². The third-order valence-corrected chi connectivity index (χ3v) is 3.85. The molecular formula is C14H23NS. The molecule has 0 unspecified atom stereocenters. The lowest BCUT2D eigenvalue weighted by Crippen LogP contribution is -2.34. The van der Waals surface area contributed by atoms with Crippen LogP contribution in [0, 0.1) is 0 Å². The number of thioether (sulfide) groups is 1. The summed E-state index contributed by atoms with van der Waals surface area (Å²) in [6.07, 6.45) is 3.77. The maximum Gasteiger partial charge on any atom is 0.0188 e. The highest BCUT2D eigenvalue weighted by Gasteiger charge is 2.09. The average Bonchev–Trinajstić information content (AvgIpc) is 2.23. The molecule has 2 N–H and O–H groups in total. The fraction of sp³-hybridized carbons (Fsp3) is 0.571. The fourth-order valence-corrected chi connectivity index (χ4v) is 2.59. The highest BCUT2D eigenvalue weighted by atomic mass is 32.2. The number of aryl methyl sites for hydroxylation is 1. The fourth-order valence-electron chi connectivity index (χ4n) is 1.51. The van der Waals surface area contributed by atoms with Gasteiger partial charge in [0.1, 0.15) is 0 Å². The van der Waals surface area contributed by atoms with Crippen LogP contribution >= 0.6 is 11.8 Å². The van der Waals surface area contributed by atoms with Crippen LogP contribution in [0.25, 0.3) is 0 Å². The molecule has 0 heterocycles. The van der Waals surface area contributed by atoms with Crippen LogP contribution in [-0.4, -0.2) is 17.0 Å². The van der Waals surface area contributed by atoms with Gasteiger partial charge in [-0.1, -0.05) is 30.3 Å². The Hall–Kier alpha value is -0.470. The number of benzene rings is 1. The third-order valence-electron chi connectivity index (χ3n) is 2.32. The lowest BCUT2D eigenvalue weighted by atomic mass is 10.1. The molecule has 0 spiro atoms. The van der Waals surface area contributed by atoms with Gasteiger partial charge < -0.3 is 5.73 Å². The number of rotatable bonds is 7. The molecule has 0 fully saturated rings. The predicted molar refractivity (Wildman–Crippen MR) is 75.0 cm³/mol. The van der Waals surface area contributed by atoms with Crippen LogP contribution in [-0.2, 0) is 6.42 Å². The van der Waals surface area contributed by atoms with Gasteiger partial charge in [-0.2, -0.15) is 11.8 Å². The van der Waals surface area contributed by atoms with E-state index in [0.717, 1.165) is 5.75 Å². The Morgan fingerprint density at radius 1 is 1.12 bits per heavy atom. The van der Waals surface area contributed by atoms with Crippen molar-refractivity contribution >= 4 is 11.8 Å². The third kappa shape index (κ3) is 6.91. The van der Waals surface area contributed by atoms with Crippen molar-refractivity contribution in [3.8, 4) is 0 Å². The molecule has 0 saturated carbocycles. The summed E-state index contributed by atoms with van der Waals surface area (Å²) in [5.74, 6) is 2.28. The highest BCUT2D eigenvalue weighted by molar-refractivity contribution is 7.99. The van der Waals surface area contributed by atoms with Gasteiger partial charge in [0.2, 0.25) is 0 Å². The first-order valence-corrected chi connectivity index (χ1v) is 7.14. The summed E-state index contributed by atoms with van der Waals surface area (Å²) in [5, 5.41) is 0. The first kappa shape index (κ1) is 13.6. The van der Waals surface area contributed by atoms with E-state index in [1.807, 2.05) is 11.8 Å². The van der Waals surface area contributed by atoms with Gasteiger partial charge in [-0.05, 0) is 44.4 Å². The van der Waals surface area contributed by atoms with Crippen LogP contribution in [0.3, 0.4) is 0 Å². The second kappa shape index (κ2) is 6.97. The van der Waals surface area contributed by atoms with E-state index in [1.54, 1.807) is 0 Å². The highest BCUT2D eigenvalue weighted by Crippen LogP contribution is 2.13. The second-order valence-electron chi connectivity index (χ2n) is 4.98. The van der Waals surface area contributed by atoms with Crippen molar-refractivity contribution in [2.24, 2.45) is 5.73 Å². The minimum Gasteiger partial charge on any atom is -0.325 e. The monoisotopic (exact) mass is 237 g/mol. The summed E-state index contributed by atoms with van der Waals surface area (Å²) in [4.78, 5) is 0. The van der Waals surface area contributed by atoms with Crippen molar-refractivity contribution in [1.82, 2.24) is 0 Å². The standard InChI is InChI=1S/C14H23NS/c1-14(2,15)12-16-11-7-6-10-13-8-4-3-5-9-13/h3-5,8-9H,6-7,10-12,15H2,1-2H3. The van der Waals surface area contributed by atoms with Crippen LogP contribution < -0.4 is 5.73 Å². The van der Waals surface area contributed by atoms with Gasteiger partial charge in [0.05, 0.1) is 0 Å². The quantitative estimate of drug-likeness (QED) is 0.735. The largest absolute Gasteiger partial charge is 0.325 e. The summed E-state index contributed by atoms with van der Waals surface area (Å²) in [6.45, 7) is 4.17. The van der Waals surface area contributed by atoms with Crippen molar-refractivity contribution in [3.05, 3.63) is 35.9 Å². The van der Waals surface area contributed by atoms with Gasteiger partial charge in [-0.15, -0.1) is 0 Å². The van der Waals surface area contributed by atoms with Gasteiger partial charge in [0.25, 0.3) is 0 Å². The Morgan fingerprint density at radius 3 is 2.44 bits per heavy atom. The molecule has 90 valence electrons. The topological polar surface area (TPSA) is 26.0 Å². The van der Waals surface area contributed by atoms with E-state index < -0.39 is 0 Å². The molecule has 0 radical (unpaired) electrons. The molecule has 0 aliphatic rings. The Bertz CT molecular complexity index is 277. The van der Waals surface area contributed by atoms with Crippen LogP contribution in [0.15, 0.2) is 30.3 Å². The van der Waals surface area contributed by atoms with E-state index in [9.17, 15) is 0 Å². The first-order valence-electron chi connectivity index (χ1n) is 5.98. The molecule has 16 heavy (non-hydrogen) atoms. The van der Waals surface area contributed by atoms with Gasteiger partial charge in [0, 0.05) is 11.3 Å². The van der Waals surface area contributed by atoms with E-state index >= 15 is 0 Å². The van der Waals surface area contributed by atoms with Crippen LogP contribution in [0.1, 0.15) is 32.3 Å². The Kier molecular flexibility index (Phi) is 5.93. The molecule has 1 aromatic rings. The smallest absolute Gasteiger partial charge is 0.0188 e. The van der Waals surface area contributed by atoms with E-state index in [4.69, 9.17) is 5.73 Å². The predicted octanol–water partition coefficient (Wildman–Crippen LogP) is 3.48. The lowest BCUT2D eigenvalue weighted by Gasteiger charge is -2.17. The Balaban J connectivity index is 2.01. The molecule has 1 aromatic carbocycles. The molecule has 0 bridgehead atoms. The number of unbranched alkanes of at least 4 members (excludes halogenated alkanes) is 1. The molecule has 2 heteroatoms. The van der Waals surface area contributed by atoms with Crippen molar-refractivity contribution in [1.29, 1.82) is 0 Å². The SMILES string of the molecule is CC(C)(N)CSCCCCc1ccccc1. The van der Waals surface area contributed by atoms with Crippen molar-refractivity contribution < 1.29 is 0 Å². The van der Waals surface area contributed by atoms with Crippen molar-refractivity contribution in [3.63, 3.8) is 0 Å². The summed E-state index contributed by atoms with van der Waals surface area (Å²) < 4.78 is 0. The maximum atomic E-state index is 5.92. The molecule has 0 aliphatic carbocycles. The number of hydrogen-bond acceptors (Lipinski definition) is 2.